The van der Waals surface area contributed by atoms with Crippen LogP contribution < -0.4 is 8.97 Å². The lowest BCUT2D eigenvalue weighted by Gasteiger charge is -2.27. The molecule has 0 aliphatic carbocycles. The van der Waals surface area contributed by atoms with Crippen molar-refractivity contribution in [3.63, 3.8) is 0 Å². The van der Waals surface area contributed by atoms with Gasteiger partial charge in [0.25, 0.3) is 0 Å². The molecule has 0 amide bonds. The third-order valence-electron chi connectivity index (χ3n) is 13.9. The lowest BCUT2D eigenvalue weighted by Crippen LogP contribution is -2.33. The number of hydrogen-bond acceptors (Lipinski definition) is 2. The number of para-hydroxylation sites is 2. The minimum atomic E-state index is 0.592. The van der Waals surface area contributed by atoms with Crippen molar-refractivity contribution in [2.24, 2.45) is 0 Å². The molecule has 0 fully saturated rings. The number of furan rings is 2. The predicted octanol–water partition coefficient (Wildman–Crippen LogP) is 15.9. The highest BCUT2D eigenvalue weighted by atomic mass is 16.3. The van der Waals surface area contributed by atoms with Gasteiger partial charge in [-0.25, -0.2) is 0 Å². The SMILES string of the molecule is C[N+]1(C)c2cc3c(cc2-c2c1cc(-c1ccccc1-c1ccccc1)c1oc4ccccc4c21)[N+](C)(C)c1cc(-c2ccccc2-c2ccccc2)c2oc4ccccc4c2c1-3. The Bertz CT molecular complexity index is 3440. The highest BCUT2D eigenvalue weighted by Gasteiger charge is 2.47. The van der Waals surface area contributed by atoms with Gasteiger partial charge >= 0.3 is 0 Å². The Balaban J connectivity index is 1.09. The Morgan fingerprint density at radius 3 is 1.06 bits per heavy atom. The van der Waals surface area contributed by atoms with Gasteiger partial charge in [0.05, 0.1) is 50.4 Å². The first-order valence-electron chi connectivity index (χ1n) is 21.4. The second-order valence-corrected chi connectivity index (χ2v) is 17.9. The zero-order valence-electron chi connectivity index (χ0n) is 35.0. The minimum absolute atomic E-state index is 0.592. The second-order valence-electron chi connectivity index (χ2n) is 17.9. The molecule has 0 N–H and O–H groups in total. The standard InChI is InChI=1S/C58H42N2O2/c1-59(2)47-33-46-48(34-45(47)53-49(59)31-43(57-55(53)41-27-15-17-29-51(41)61-57)39-25-13-11-23-37(39)35-19-7-5-8-20-35)60(3,4)50-32-44(40-26-14-12-24-38(40)36-21-9-6-10-22-36)58-56(54(46)50)42-28-16-18-30-52(42)62-58/h5-34H,1-4H3/q+2. The first-order chi connectivity index (χ1) is 30.3. The molecule has 4 nitrogen and oxygen atoms in total. The van der Waals surface area contributed by atoms with Crippen LogP contribution in [0.15, 0.2) is 191 Å². The van der Waals surface area contributed by atoms with E-state index in [9.17, 15) is 0 Å². The topological polar surface area (TPSA) is 26.3 Å². The van der Waals surface area contributed by atoms with Crippen LogP contribution in [0.1, 0.15) is 0 Å². The molecule has 0 spiro atoms. The van der Waals surface area contributed by atoms with Crippen LogP contribution in [-0.2, 0) is 0 Å². The van der Waals surface area contributed by atoms with Gasteiger partial charge < -0.3 is 8.83 Å². The summed E-state index contributed by atoms with van der Waals surface area (Å²) in [4.78, 5) is 0. The van der Waals surface area contributed by atoms with E-state index in [1.54, 1.807) is 0 Å². The molecular weight excluding hydrogens is 757 g/mol. The molecule has 4 heteroatoms. The molecule has 0 saturated heterocycles. The number of fused-ring (bicyclic) bond motifs is 14. The molecule has 4 heterocycles. The molecule has 0 unspecified atom stereocenters. The summed E-state index contributed by atoms with van der Waals surface area (Å²) in [6.45, 7) is 0. The van der Waals surface area contributed by atoms with Gasteiger partial charge in [-0.1, -0.05) is 146 Å². The van der Waals surface area contributed by atoms with E-state index < -0.39 is 0 Å². The summed E-state index contributed by atoms with van der Waals surface area (Å²) in [6.07, 6.45) is 0. The van der Waals surface area contributed by atoms with Crippen molar-refractivity contribution in [1.29, 1.82) is 0 Å². The molecule has 0 atom stereocenters. The zero-order valence-corrected chi connectivity index (χ0v) is 35.0. The second kappa shape index (κ2) is 12.5. The average Bonchev–Trinajstić information content (AvgIpc) is 4.01. The molecule has 13 rings (SSSR count). The molecule has 2 aliphatic rings. The molecule has 0 radical (unpaired) electrons. The highest BCUT2D eigenvalue weighted by Crippen LogP contribution is 2.64. The number of hydrogen-bond donors (Lipinski definition) is 0. The summed E-state index contributed by atoms with van der Waals surface area (Å²) in [7, 11) is 9.39. The van der Waals surface area contributed by atoms with E-state index in [4.69, 9.17) is 8.83 Å². The van der Waals surface area contributed by atoms with Crippen molar-refractivity contribution in [3.05, 3.63) is 182 Å². The molecule has 0 bridgehead atoms. The van der Waals surface area contributed by atoms with Gasteiger partial charge in [0, 0.05) is 56.9 Å². The van der Waals surface area contributed by atoms with Crippen molar-refractivity contribution in [3.8, 4) is 66.8 Å². The van der Waals surface area contributed by atoms with E-state index in [2.05, 4.69) is 210 Å². The van der Waals surface area contributed by atoms with E-state index >= 15 is 0 Å². The van der Waals surface area contributed by atoms with Crippen LogP contribution in [0.4, 0.5) is 22.7 Å². The fourth-order valence-electron chi connectivity index (χ4n) is 10.9. The van der Waals surface area contributed by atoms with Crippen LogP contribution in [-0.4, -0.2) is 28.2 Å². The molecular formula is C58H42N2O2+2. The first-order valence-corrected chi connectivity index (χ1v) is 21.4. The Morgan fingerprint density at radius 1 is 0.306 bits per heavy atom. The lowest BCUT2D eigenvalue weighted by atomic mass is 9.89. The van der Waals surface area contributed by atoms with Crippen LogP contribution in [0.2, 0.25) is 0 Å². The third-order valence-corrected chi connectivity index (χ3v) is 13.9. The Kier molecular flexibility index (Phi) is 7.13. The predicted molar refractivity (Wildman–Crippen MR) is 260 cm³/mol. The number of nitrogens with zero attached hydrogens (tertiary/aromatic N) is 2. The molecule has 294 valence electrons. The van der Waals surface area contributed by atoms with E-state index in [1.807, 2.05) is 0 Å². The lowest BCUT2D eigenvalue weighted by molar-refractivity contribution is 0.563. The highest BCUT2D eigenvalue weighted by molar-refractivity contribution is 6.26. The maximum absolute atomic E-state index is 6.98. The van der Waals surface area contributed by atoms with Gasteiger partial charge in [-0.05, 0) is 45.5 Å². The number of quaternary nitrogens is 2. The quantitative estimate of drug-likeness (QED) is 0.166. The molecule has 62 heavy (non-hydrogen) atoms. The zero-order chi connectivity index (χ0) is 41.5. The van der Waals surface area contributed by atoms with Crippen LogP contribution in [0, 0.1) is 0 Å². The van der Waals surface area contributed by atoms with Crippen molar-refractivity contribution in [2.75, 3.05) is 28.2 Å². The van der Waals surface area contributed by atoms with E-state index in [0.29, 0.717) is 8.97 Å². The van der Waals surface area contributed by atoms with Crippen molar-refractivity contribution >= 4 is 66.6 Å². The molecule has 2 aliphatic heterocycles. The van der Waals surface area contributed by atoms with Gasteiger partial charge in [0.2, 0.25) is 0 Å². The van der Waals surface area contributed by atoms with Crippen LogP contribution in [0.25, 0.3) is 111 Å². The van der Waals surface area contributed by atoms with Crippen molar-refractivity contribution < 1.29 is 8.83 Å². The van der Waals surface area contributed by atoms with E-state index in [-0.39, 0.29) is 0 Å². The average molecular weight is 799 g/mol. The van der Waals surface area contributed by atoms with Gasteiger partial charge in [0.15, 0.2) is 0 Å². The first kappa shape index (κ1) is 35.3. The summed E-state index contributed by atoms with van der Waals surface area (Å²) in [5.74, 6) is 0. The Hall–Kier alpha value is -7.50. The van der Waals surface area contributed by atoms with Crippen LogP contribution in [0.3, 0.4) is 0 Å². The Morgan fingerprint density at radius 2 is 0.645 bits per heavy atom. The van der Waals surface area contributed by atoms with Crippen LogP contribution in [0.5, 0.6) is 0 Å². The van der Waals surface area contributed by atoms with Crippen LogP contribution >= 0.6 is 0 Å². The maximum atomic E-state index is 6.98. The molecule has 11 aromatic rings. The van der Waals surface area contributed by atoms with Crippen molar-refractivity contribution in [1.82, 2.24) is 8.97 Å². The fourth-order valence-corrected chi connectivity index (χ4v) is 10.9. The number of rotatable bonds is 4. The van der Waals surface area contributed by atoms with E-state index in [1.165, 1.54) is 78.0 Å². The van der Waals surface area contributed by atoms with Gasteiger partial charge in [0.1, 0.15) is 45.1 Å². The molecule has 0 saturated carbocycles. The summed E-state index contributed by atoms with van der Waals surface area (Å²) in [5, 5.41) is 4.61. The summed E-state index contributed by atoms with van der Waals surface area (Å²) in [5.41, 5.74) is 23.0. The molecule has 9 aromatic carbocycles. The largest absolute Gasteiger partial charge is 0.455 e. The van der Waals surface area contributed by atoms with Crippen molar-refractivity contribution in [2.45, 2.75) is 0 Å². The fraction of sp³-hybridized carbons (Fsp3) is 0.0690. The van der Waals surface area contributed by atoms with Gasteiger partial charge in [-0.3, -0.25) is 8.97 Å². The monoisotopic (exact) mass is 798 g/mol. The van der Waals surface area contributed by atoms with Gasteiger partial charge in [-0.15, -0.1) is 0 Å². The smallest absolute Gasteiger partial charge is 0.147 e. The third kappa shape index (κ3) is 4.68. The van der Waals surface area contributed by atoms with E-state index in [0.717, 1.165) is 55.4 Å². The number of benzene rings is 9. The molecule has 2 aromatic heterocycles. The van der Waals surface area contributed by atoms with Gasteiger partial charge in [-0.2, -0.15) is 0 Å². The summed E-state index contributed by atoms with van der Waals surface area (Å²) in [6, 6.07) is 65.9. The maximum Gasteiger partial charge on any atom is 0.147 e. The minimum Gasteiger partial charge on any atom is -0.455 e. The summed E-state index contributed by atoms with van der Waals surface area (Å²) >= 11 is 0. The normalized spacial score (nSPS) is 14.4. The Labute approximate surface area is 359 Å². The summed E-state index contributed by atoms with van der Waals surface area (Å²) < 4.78 is 15.1.